The zero-order valence-electron chi connectivity index (χ0n) is 20.8. The highest BCUT2D eigenvalue weighted by Gasteiger charge is 2.30. The Bertz CT molecular complexity index is 1660. The minimum absolute atomic E-state index is 0.619. The Morgan fingerprint density at radius 2 is 0.944 bits per heavy atom. The first kappa shape index (κ1) is 21.1. The molecule has 0 nitrogen and oxygen atoms in total. The van der Waals surface area contributed by atoms with Crippen molar-refractivity contribution in [3.8, 4) is 44.5 Å². The summed E-state index contributed by atoms with van der Waals surface area (Å²) >= 11 is 0. The van der Waals surface area contributed by atoms with E-state index in [0.29, 0.717) is 5.92 Å². The van der Waals surface area contributed by atoms with Crippen LogP contribution >= 0.6 is 0 Å². The molecule has 6 aromatic carbocycles. The smallest absolute Gasteiger partial charge is 0.000741 e. The number of hydrogen-bond acceptors (Lipinski definition) is 0. The predicted octanol–water partition coefficient (Wildman–Crippen LogP) is 10.2. The summed E-state index contributed by atoms with van der Waals surface area (Å²) in [6.07, 6.45) is 1.09. The Kier molecular flexibility index (Phi) is 4.82. The molecule has 0 spiro atoms. The fourth-order valence-corrected chi connectivity index (χ4v) is 6.29. The van der Waals surface area contributed by atoms with Crippen LogP contribution in [0.2, 0.25) is 0 Å². The second kappa shape index (κ2) is 8.21. The third-order valence-corrected chi connectivity index (χ3v) is 7.64. The lowest BCUT2D eigenvalue weighted by Crippen LogP contribution is -1.95. The molecule has 7 rings (SSSR count). The zero-order valence-corrected chi connectivity index (χ0v) is 20.8. The summed E-state index contributed by atoms with van der Waals surface area (Å²) in [5.74, 6) is 0.619. The first-order valence-corrected chi connectivity index (χ1v) is 13.0. The van der Waals surface area contributed by atoms with Gasteiger partial charge in [-0.1, -0.05) is 129 Å². The van der Waals surface area contributed by atoms with Crippen molar-refractivity contribution in [1.82, 2.24) is 0 Å². The van der Waals surface area contributed by atoms with Crippen molar-refractivity contribution in [2.45, 2.75) is 20.3 Å². The van der Waals surface area contributed by atoms with Gasteiger partial charge in [0.1, 0.15) is 0 Å². The lowest BCUT2D eigenvalue weighted by molar-refractivity contribution is 0.650. The van der Waals surface area contributed by atoms with E-state index in [-0.39, 0.29) is 0 Å². The molecule has 0 bridgehead atoms. The Morgan fingerprint density at radius 1 is 0.444 bits per heavy atom. The maximum Gasteiger partial charge on any atom is -0.000741 e. The van der Waals surface area contributed by atoms with E-state index in [1.54, 1.807) is 0 Å². The molecule has 0 amide bonds. The monoisotopic (exact) mass is 460 g/mol. The second-order valence-corrected chi connectivity index (χ2v) is 10.4. The first-order chi connectivity index (χ1) is 17.7. The molecule has 0 N–H and O–H groups in total. The molecule has 1 aliphatic carbocycles. The third kappa shape index (κ3) is 3.08. The van der Waals surface area contributed by atoms with Gasteiger partial charge < -0.3 is 0 Å². The van der Waals surface area contributed by atoms with Crippen molar-refractivity contribution in [1.29, 1.82) is 0 Å². The van der Waals surface area contributed by atoms with Crippen LogP contribution in [0.3, 0.4) is 0 Å². The average molecular weight is 461 g/mol. The zero-order chi connectivity index (χ0) is 24.2. The molecule has 0 saturated carbocycles. The molecule has 36 heavy (non-hydrogen) atoms. The summed E-state index contributed by atoms with van der Waals surface area (Å²) in [5.41, 5.74) is 12.2. The van der Waals surface area contributed by atoms with Gasteiger partial charge in [-0.05, 0) is 84.0 Å². The Balaban J connectivity index is 1.71. The van der Waals surface area contributed by atoms with Crippen LogP contribution in [0.4, 0.5) is 0 Å². The molecule has 0 saturated heterocycles. The maximum atomic E-state index is 2.39. The second-order valence-electron chi connectivity index (χ2n) is 10.4. The van der Waals surface area contributed by atoms with Crippen molar-refractivity contribution < 1.29 is 0 Å². The molecule has 0 fully saturated rings. The van der Waals surface area contributed by atoms with Gasteiger partial charge in [-0.25, -0.2) is 0 Å². The average Bonchev–Trinajstić information content (AvgIpc) is 3.24. The minimum Gasteiger partial charge on any atom is -0.0625 e. The largest absolute Gasteiger partial charge is 0.0625 e. The molecule has 0 aromatic heterocycles. The minimum atomic E-state index is 0.619. The van der Waals surface area contributed by atoms with Crippen molar-refractivity contribution in [2.24, 2.45) is 5.92 Å². The molecule has 0 atom stereocenters. The van der Waals surface area contributed by atoms with Crippen LogP contribution in [0.15, 0.2) is 115 Å². The molecule has 0 unspecified atom stereocenters. The van der Waals surface area contributed by atoms with Crippen LogP contribution in [-0.2, 0) is 6.42 Å². The molecule has 1 aliphatic rings. The van der Waals surface area contributed by atoms with Crippen LogP contribution < -0.4 is 0 Å². The van der Waals surface area contributed by atoms with Gasteiger partial charge in [0.15, 0.2) is 0 Å². The van der Waals surface area contributed by atoms with Crippen LogP contribution in [0.1, 0.15) is 19.4 Å². The molecular weight excluding hydrogens is 432 g/mol. The molecule has 0 radical (unpaired) electrons. The maximum absolute atomic E-state index is 2.39. The quantitative estimate of drug-likeness (QED) is 0.245. The highest BCUT2D eigenvalue weighted by molar-refractivity contribution is 6.27. The van der Waals surface area contributed by atoms with Gasteiger partial charge in [-0.3, -0.25) is 0 Å². The Hall–Kier alpha value is -4.16. The van der Waals surface area contributed by atoms with Crippen LogP contribution in [0, 0.1) is 5.92 Å². The van der Waals surface area contributed by atoms with Gasteiger partial charge in [0.05, 0.1) is 0 Å². The highest BCUT2D eigenvalue weighted by Crippen LogP contribution is 2.57. The SMILES string of the molecule is CC(C)Cc1ccc2c3c(cccc13)-c1c-2c(-c2ccccc2)c2ccccc2c1-c1ccccc1. The number of rotatable bonds is 4. The normalized spacial score (nSPS) is 12.0. The van der Waals surface area contributed by atoms with Crippen LogP contribution in [0.25, 0.3) is 66.1 Å². The summed E-state index contributed by atoms with van der Waals surface area (Å²) in [4.78, 5) is 0. The van der Waals surface area contributed by atoms with Gasteiger partial charge >= 0.3 is 0 Å². The van der Waals surface area contributed by atoms with E-state index in [2.05, 4.69) is 129 Å². The third-order valence-electron chi connectivity index (χ3n) is 7.64. The molecule has 0 aliphatic heterocycles. The van der Waals surface area contributed by atoms with E-state index in [4.69, 9.17) is 0 Å². The van der Waals surface area contributed by atoms with Gasteiger partial charge in [0, 0.05) is 0 Å². The van der Waals surface area contributed by atoms with Gasteiger partial charge in [-0.2, -0.15) is 0 Å². The summed E-state index contributed by atoms with van der Waals surface area (Å²) in [6.45, 7) is 4.62. The Labute approximate surface area is 212 Å². The number of benzene rings is 6. The van der Waals surface area contributed by atoms with Crippen molar-refractivity contribution >= 4 is 21.5 Å². The topological polar surface area (TPSA) is 0 Å². The fraction of sp³-hybridized carbons (Fsp3) is 0.111. The lowest BCUT2D eigenvalue weighted by Gasteiger charge is -2.20. The van der Waals surface area contributed by atoms with Crippen LogP contribution in [0.5, 0.6) is 0 Å². The van der Waals surface area contributed by atoms with E-state index < -0.39 is 0 Å². The molecule has 0 heteroatoms. The summed E-state index contributed by atoms with van der Waals surface area (Å²) in [5, 5.41) is 5.44. The standard InChI is InChI=1S/C36H28/c1-23(2)22-26-20-21-31-34-27(26)18-11-19-30(34)35-32(24-12-5-3-6-13-24)28-16-9-10-17-29(28)33(36(31)35)25-14-7-4-8-15-25/h3-21,23H,22H2,1-2H3. The highest BCUT2D eigenvalue weighted by atomic mass is 14.3. The summed E-state index contributed by atoms with van der Waals surface area (Å²) in [7, 11) is 0. The number of fused-ring (bicyclic) bond motifs is 4. The fourth-order valence-electron chi connectivity index (χ4n) is 6.29. The van der Waals surface area contributed by atoms with Gasteiger partial charge in [0.25, 0.3) is 0 Å². The lowest BCUT2D eigenvalue weighted by atomic mass is 9.82. The molecule has 0 heterocycles. The Morgan fingerprint density at radius 3 is 1.50 bits per heavy atom. The van der Waals surface area contributed by atoms with E-state index in [9.17, 15) is 0 Å². The predicted molar refractivity (Wildman–Crippen MR) is 155 cm³/mol. The van der Waals surface area contributed by atoms with Gasteiger partial charge in [-0.15, -0.1) is 0 Å². The number of hydrogen-bond donors (Lipinski definition) is 0. The van der Waals surface area contributed by atoms with Gasteiger partial charge in [0.2, 0.25) is 0 Å². The van der Waals surface area contributed by atoms with E-state index in [1.807, 2.05) is 0 Å². The summed E-state index contributed by atoms with van der Waals surface area (Å²) < 4.78 is 0. The molecular formula is C36H28. The van der Waals surface area contributed by atoms with E-state index in [1.165, 1.54) is 71.6 Å². The van der Waals surface area contributed by atoms with Crippen molar-refractivity contribution in [3.63, 3.8) is 0 Å². The van der Waals surface area contributed by atoms with Crippen molar-refractivity contribution in [3.05, 3.63) is 121 Å². The van der Waals surface area contributed by atoms with Crippen LogP contribution in [-0.4, -0.2) is 0 Å². The first-order valence-electron chi connectivity index (χ1n) is 13.0. The molecule has 172 valence electrons. The summed E-state index contributed by atoms with van der Waals surface area (Å²) in [6, 6.07) is 42.6. The van der Waals surface area contributed by atoms with E-state index >= 15 is 0 Å². The van der Waals surface area contributed by atoms with E-state index in [0.717, 1.165) is 6.42 Å². The van der Waals surface area contributed by atoms with Crippen molar-refractivity contribution in [2.75, 3.05) is 0 Å². The molecule has 6 aromatic rings.